The van der Waals surface area contributed by atoms with Crippen molar-refractivity contribution in [3.63, 3.8) is 0 Å². The van der Waals surface area contributed by atoms with Gasteiger partial charge in [-0.1, -0.05) is 6.07 Å². The molecule has 0 aliphatic rings. The molecular formula is C13H9N3O6. The molecule has 9 heteroatoms. The molecular weight excluding hydrogens is 294 g/mol. The lowest BCUT2D eigenvalue weighted by molar-refractivity contribution is -0.384. The van der Waals surface area contributed by atoms with Crippen LogP contribution in [0.3, 0.4) is 0 Å². The molecule has 0 saturated heterocycles. The zero-order valence-electron chi connectivity index (χ0n) is 10.9. The van der Waals surface area contributed by atoms with Crippen molar-refractivity contribution >= 4 is 23.8 Å². The molecule has 0 unspecified atom stereocenters. The van der Waals surface area contributed by atoms with Gasteiger partial charge in [-0.05, 0) is 18.2 Å². The minimum absolute atomic E-state index is 0.0667. The van der Waals surface area contributed by atoms with Crippen LogP contribution in [0, 0.1) is 10.1 Å². The first-order valence-corrected chi connectivity index (χ1v) is 5.88. The highest BCUT2D eigenvalue weighted by Gasteiger charge is 2.11. The Labute approximate surface area is 123 Å². The average Bonchev–Trinajstić information content (AvgIpc) is 2.96. The van der Waals surface area contributed by atoms with Gasteiger partial charge in [-0.15, -0.1) is 0 Å². The van der Waals surface area contributed by atoms with E-state index in [4.69, 9.17) is 9.52 Å². The van der Waals surface area contributed by atoms with E-state index in [0.29, 0.717) is 0 Å². The SMILES string of the molecule is O=C(N/N=C/c1ccc(C(=O)O)o1)c1cccc([N+](=O)[O-])c1. The van der Waals surface area contributed by atoms with Crippen LogP contribution in [-0.4, -0.2) is 28.1 Å². The van der Waals surface area contributed by atoms with Gasteiger partial charge in [0.05, 0.1) is 11.1 Å². The molecule has 0 fully saturated rings. The minimum atomic E-state index is -1.22. The molecule has 2 N–H and O–H groups in total. The van der Waals surface area contributed by atoms with Crippen LogP contribution in [0.25, 0.3) is 0 Å². The minimum Gasteiger partial charge on any atom is -0.475 e. The molecule has 2 rings (SSSR count). The smallest absolute Gasteiger partial charge is 0.371 e. The number of hydrazone groups is 1. The number of carbonyl (C=O) groups excluding carboxylic acids is 1. The topological polar surface area (TPSA) is 135 Å². The third-order valence-corrected chi connectivity index (χ3v) is 2.51. The predicted molar refractivity (Wildman–Crippen MR) is 73.8 cm³/mol. The molecule has 0 aliphatic carbocycles. The second-order valence-corrected chi connectivity index (χ2v) is 4.01. The maximum Gasteiger partial charge on any atom is 0.371 e. The first-order chi connectivity index (χ1) is 10.5. The van der Waals surface area contributed by atoms with Crippen molar-refractivity contribution in [1.82, 2.24) is 5.43 Å². The van der Waals surface area contributed by atoms with E-state index in [2.05, 4.69) is 10.5 Å². The van der Waals surface area contributed by atoms with Gasteiger partial charge in [0.25, 0.3) is 11.6 Å². The number of nitro benzene ring substituents is 1. The Kier molecular flexibility index (Phi) is 4.27. The van der Waals surface area contributed by atoms with Crippen molar-refractivity contribution in [2.24, 2.45) is 5.10 Å². The van der Waals surface area contributed by atoms with E-state index in [9.17, 15) is 19.7 Å². The quantitative estimate of drug-likeness (QED) is 0.489. The molecule has 0 radical (unpaired) electrons. The molecule has 0 atom stereocenters. The summed E-state index contributed by atoms with van der Waals surface area (Å²) in [5, 5.41) is 22.9. The molecule has 9 nitrogen and oxygen atoms in total. The van der Waals surface area contributed by atoms with Crippen LogP contribution < -0.4 is 5.43 Å². The summed E-state index contributed by atoms with van der Waals surface area (Å²) in [7, 11) is 0. The summed E-state index contributed by atoms with van der Waals surface area (Å²) in [6, 6.07) is 7.75. The van der Waals surface area contributed by atoms with Gasteiger partial charge in [0, 0.05) is 17.7 Å². The van der Waals surface area contributed by atoms with Crippen LogP contribution in [0.2, 0.25) is 0 Å². The summed E-state index contributed by atoms with van der Waals surface area (Å²) in [6.45, 7) is 0. The number of benzene rings is 1. The highest BCUT2D eigenvalue weighted by Crippen LogP contribution is 2.12. The summed E-state index contributed by atoms with van der Waals surface area (Å²) in [5.74, 6) is -1.99. The molecule has 1 aromatic carbocycles. The van der Waals surface area contributed by atoms with E-state index in [1.165, 1.54) is 30.3 Å². The fourth-order valence-electron chi connectivity index (χ4n) is 1.52. The van der Waals surface area contributed by atoms with E-state index in [1.54, 1.807) is 0 Å². The number of amides is 1. The van der Waals surface area contributed by atoms with E-state index < -0.39 is 16.8 Å². The summed E-state index contributed by atoms with van der Waals surface area (Å²) in [4.78, 5) is 32.4. The van der Waals surface area contributed by atoms with Gasteiger partial charge in [-0.2, -0.15) is 5.10 Å². The molecule has 112 valence electrons. The third-order valence-electron chi connectivity index (χ3n) is 2.51. The van der Waals surface area contributed by atoms with Gasteiger partial charge in [0.2, 0.25) is 5.76 Å². The number of rotatable bonds is 5. The van der Waals surface area contributed by atoms with Crippen LogP contribution in [-0.2, 0) is 0 Å². The molecule has 0 saturated carbocycles. The largest absolute Gasteiger partial charge is 0.475 e. The van der Waals surface area contributed by atoms with Crippen molar-refractivity contribution in [2.45, 2.75) is 0 Å². The maximum atomic E-state index is 11.8. The Morgan fingerprint density at radius 1 is 1.32 bits per heavy atom. The van der Waals surface area contributed by atoms with E-state index >= 15 is 0 Å². The van der Waals surface area contributed by atoms with Crippen molar-refractivity contribution in [3.8, 4) is 0 Å². The van der Waals surface area contributed by atoms with Crippen LogP contribution in [0.4, 0.5) is 5.69 Å². The van der Waals surface area contributed by atoms with Crippen LogP contribution in [0.1, 0.15) is 26.7 Å². The number of nitrogens with one attached hydrogen (secondary N) is 1. The Hall–Kier alpha value is -3.49. The molecule has 2 aromatic rings. The molecule has 0 spiro atoms. The molecule has 0 aliphatic heterocycles. The number of carboxylic acids is 1. The summed E-state index contributed by atoms with van der Waals surface area (Å²) >= 11 is 0. The predicted octanol–water partition coefficient (Wildman–Crippen LogP) is 1.65. The number of carbonyl (C=O) groups is 2. The number of aromatic carboxylic acids is 1. The number of nitro groups is 1. The summed E-state index contributed by atoms with van der Waals surface area (Å²) in [6.07, 6.45) is 1.11. The lowest BCUT2D eigenvalue weighted by Crippen LogP contribution is -2.17. The number of hydrogen-bond donors (Lipinski definition) is 2. The zero-order chi connectivity index (χ0) is 16.1. The Bertz CT molecular complexity index is 765. The van der Waals surface area contributed by atoms with Gasteiger partial charge in [0.15, 0.2) is 0 Å². The highest BCUT2D eigenvalue weighted by molar-refractivity contribution is 5.95. The fourth-order valence-corrected chi connectivity index (χ4v) is 1.52. The zero-order valence-corrected chi connectivity index (χ0v) is 10.9. The van der Waals surface area contributed by atoms with Crippen LogP contribution in [0.15, 0.2) is 45.9 Å². The van der Waals surface area contributed by atoms with E-state index in [-0.39, 0.29) is 22.8 Å². The Morgan fingerprint density at radius 2 is 2.09 bits per heavy atom. The number of furan rings is 1. The lowest BCUT2D eigenvalue weighted by atomic mass is 10.2. The molecule has 1 heterocycles. The molecule has 1 amide bonds. The van der Waals surface area contributed by atoms with Gasteiger partial charge >= 0.3 is 5.97 Å². The number of non-ortho nitro benzene ring substituents is 1. The average molecular weight is 303 g/mol. The van der Waals surface area contributed by atoms with Crippen LogP contribution in [0.5, 0.6) is 0 Å². The summed E-state index contributed by atoms with van der Waals surface area (Å²) in [5.41, 5.74) is 2.01. The molecule has 1 aromatic heterocycles. The van der Waals surface area contributed by atoms with Crippen LogP contribution >= 0.6 is 0 Å². The molecule has 0 bridgehead atoms. The monoisotopic (exact) mass is 303 g/mol. The lowest BCUT2D eigenvalue weighted by Gasteiger charge is -1.99. The van der Waals surface area contributed by atoms with E-state index in [1.807, 2.05) is 0 Å². The van der Waals surface area contributed by atoms with Crippen molar-refractivity contribution in [2.75, 3.05) is 0 Å². The van der Waals surface area contributed by atoms with Crippen molar-refractivity contribution in [3.05, 3.63) is 63.6 Å². The Balaban J connectivity index is 2.02. The number of carboxylic acid groups (broad SMARTS) is 1. The van der Waals surface area contributed by atoms with Gasteiger partial charge < -0.3 is 9.52 Å². The van der Waals surface area contributed by atoms with Crippen molar-refractivity contribution < 1.29 is 24.0 Å². The first kappa shape index (κ1) is 14.9. The fraction of sp³-hybridized carbons (Fsp3) is 0. The summed E-state index contributed by atoms with van der Waals surface area (Å²) < 4.78 is 4.89. The first-order valence-electron chi connectivity index (χ1n) is 5.88. The van der Waals surface area contributed by atoms with Crippen molar-refractivity contribution in [1.29, 1.82) is 0 Å². The van der Waals surface area contributed by atoms with Gasteiger partial charge in [-0.25, -0.2) is 10.2 Å². The number of nitrogens with zero attached hydrogens (tertiary/aromatic N) is 2. The van der Waals surface area contributed by atoms with Gasteiger partial charge in [-0.3, -0.25) is 14.9 Å². The Morgan fingerprint density at radius 3 is 2.73 bits per heavy atom. The van der Waals surface area contributed by atoms with Gasteiger partial charge in [0.1, 0.15) is 5.76 Å². The third kappa shape index (κ3) is 3.54. The standard InChI is InChI=1S/C13H9N3O6/c17-12(8-2-1-3-9(6-8)16(20)21)15-14-7-10-4-5-11(22-10)13(18)19/h1-7H,(H,15,17)(H,18,19)/b14-7+. The second-order valence-electron chi connectivity index (χ2n) is 4.01. The normalized spacial score (nSPS) is 10.5. The molecule has 22 heavy (non-hydrogen) atoms. The number of hydrogen-bond acceptors (Lipinski definition) is 6. The maximum absolute atomic E-state index is 11.8. The van der Waals surface area contributed by atoms with E-state index in [0.717, 1.165) is 12.3 Å². The highest BCUT2D eigenvalue weighted by atomic mass is 16.6. The second kappa shape index (κ2) is 6.31.